The first-order valence-electron chi connectivity index (χ1n) is 6.69. The van der Waals surface area contributed by atoms with Crippen LogP contribution in [0.15, 0.2) is 42.5 Å². The van der Waals surface area contributed by atoms with E-state index in [4.69, 9.17) is 16.3 Å². The predicted octanol–water partition coefficient (Wildman–Crippen LogP) is 3.46. The van der Waals surface area contributed by atoms with Crippen molar-refractivity contribution in [1.29, 1.82) is 0 Å². The Hall–Kier alpha value is -2.60. The molecule has 23 heavy (non-hydrogen) atoms. The second-order valence-corrected chi connectivity index (χ2v) is 5.10. The Bertz CT molecular complexity index is 720. The number of amides is 2. The fourth-order valence-electron chi connectivity index (χ4n) is 1.77. The van der Waals surface area contributed by atoms with Gasteiger partial charge in [-0.25, -0.2) is 4.39 Å². The molecular formula is C16H14ClFN2O3. The van der Waals surface area contributed by atoms with Crippen molar-refractivity contribution in [3.05, 3.63) is 53.3 Å². The van der Waals surface area contributed by atoms with Gasteiger partial charge in [0.15, 0.2) is 6.61 Å². The van der Waals surface area contributed by atoms with Crippen molar-refractivity contribution in [1.82, 2.24) is 0 Å². The Morgan fingerprint density at radius 1 is 1.13 bits per heavy atom. The summed E-state index contributed by atoms with van der Waals surface area (Å²) in [6.07, 6.45) is 0. The van der Waals surface area contributed by atoms with E-state index >= 15 is 0 Å². The number of benzene rings is 2. The lowest BCUT2D eigenvalue weighted by Gasteiger charge is -2.10. The van der Waals surface area contributed by atoms with E-state index in [0.717, 1.165) is 6.07 Å². The summed E-state index contributed by atoms with van der Waals surface area (Å²) in [7, 11) is 0. The number of hydrogen-bond acceptors (Lipinski definition) is 3. The molecule has 2 rings (SSSR count). The number of carbonyl (C=O) groups excluding carboxylic acids is 2. The van der Waals surface area contributed by atoms with Crippen LogP contribution in [0.4, 0.5) is 15.8 Å². The molecule has 120 valence electrons. The van der Waals surface area contributed by atoms with Gasteiger partial charge < -0.3 is 15.4 Å². The molecule has 0 saturated heterocycles. The third kappa shape index (κ3) is 5.27. The molecule has 0 aromatic heterocycles. The highest BCUT2D eigenvalue weighted by atomic mass is 35.5. The van der Waals surface area contributed by atoms with Crippen LogP contribution in [0.3, 0.4) is 0 Å². The molecule has 0 saturated carbocycles. The van der Waals surface area contributed by atoms with Gasteiger partial charge in [-0.15, -0.1) is 0 Å². The van der Waals surface area contributed by atoms with Crippen LogP contribution >= 0.6 is 11.6 Å². The summed E-state index contributed by atoms with van der Waals surface area (Å²) < 4.78 is 19.0. The highest BCUT2D eigenvalue weighted by Gasteiger charge is 2.09. The smallest absolute Gasteiger partial charge is 0.262 e. The zero-order valence-electron chi connectivity index (χ0n) is 12.2. The number of rotatable bonds is 5. The third-order valence-corrected chi connectivity index (χ3v) is 3.00. The highest BCUT2D eigenvalue weighted by Crippen LogP contribution is 2.20. The molecule has 0 heterocycles. The van der Waals surface area contributed by atoms with E-state index in [1.807, 2.05) is 0 Å². The molecule has 0 spiro atoms. The van der Waals surface area contributed by atoms with Gasteiger partial charge in [0.1, 0.15) is 11.6 Å². The molecule has 0 aliphatic carbocycles. The topological polar surface area (TPSA) is 67.4 Å². The van der Waals surface area contributed by atoms with Crippen molar-refractivity contribution in [3.63, 3.8) is 0 Å². The second kappa shape index (κ2) is 7.60. The van der Waals surface area contributed by atoms with Crippen LogP contribution in [0.5, 0.6) is 5.75 Å². The van der Waals surface area contributed by atoms with Crippen LogP contribution in [0.2, 0.25) is 5.02 Å². The average molecular weight is 337 g/mol. The molecule has 2 aromatic rings. The van der Waals surface area contributed by atoms with E-state index in [2.05, 4.69) is 10.6 Å². The van der Waals surface area contributed by atoms with E-state index in [9.17, 15) is 14.0 Å². The number of nitrogens with one attached hydrogen (secondary N) is 2. The van der Waals surface area contributed by atoms with E-state index in [1.165, 1.54) is 19.1 Å². The number of hydrogen-bond donors (Lipinski definition) is 2. The summed E-state index contributed by atoms with van der Waals surface area (Å²) >= 11 is 5.74. The third-order valence-electron chi connectivity index (χ3n) is 2.74. The van der Waals surface area contributed by atoms with Crippen molar-refractivity contribution in [2.75, 3.05) is 17.2 Å². The van der Waals surface area contributed by atoms with Crippen LogP contribution in [-0.2, 0) is 9.59 Å². The van der Waals surface area contributed by atoms with Gasteiger partial charge in [0.05, 0.1) is 5.69 Å². The molecule has 5 nitrogen and oxygen atoms in total. The predicted molar refractivity (Wildman–Crippen MR) is 86.3 cm³/mol. The van der Waals surface area contributed by atoms with Gasteiger partial charge in [-0.2, -0.15) is 0 Å². The molecule has 0 radical (unpaired) electrons. The lowest BCUT2D eigenvalue weighted by Crippen LogP contribution is -2.21. The van der Waals surface area contributed by atoms with Crippen LogP contribution in [-0.4, -0.2) is 18.4 Å². The SMILES string of the molecule is CC(=O)Nc1ccc(F)c(NC(=O)COc2ccc(Cl)cc2)c1. The maximum absolute atomic E-state index is 13.7. The summed E-state index contributed by atoms with van der Waals surface area (Å²) in [6.45, 7) is 1.05. The maximum atomic E-state index is 13.7. The molecule has 7 heteroatoms. The van der Waals surface area contributed by atoms with Crippen molar-refractivity contribution in [2.45, 2.75) is 6.92 Å². The fourth-order valence-corrected chi connectivity index (χ4v) is 1.89. The molecular weight excluding hydrogens is 323 g/mol. The minimum Gasteiger partial charge on any atom is -0.484 e. The summed E-state index contributed by atoms with van der Waals surface area (Å²) in [6, 6.07) is 10.4. The normalized spacial score (nSPS) is 10.0. The van der Waals surface area contributed by atoms with E-state index in [1.54, 1.807) is 24.3 Å². The molecule has 0 unspecified atom stereocenters. The van der Waals surface area contributed by atoms with Gasteiger partial charge in [-0.1, -0.05) is 11.6 Å². The van der Waals surface area contributed by atoms with Crippen LogP contribution in [0.1, 0.15) is 6.92 Å². The van der Waals surface area contributed by atoms with Gasteiger partial charge in [-0.3, -0.25) is 9.59 Å². The maximum Gasteiger partial charge on any atom is 0.262 e. The average Bonchev–Trinajstić information content (AvgIpc) is 2.49. The standard InChI is InChI=1S/C16H14ClFN2O3/c1-10(21)19-12-4-7-14(18)15(8-12)20-16(22)9-23-13-5-2-11(17)3-6-13/h2-8H,9H2,1H3,(H,19,21)(H,20,22). The van der Waals surface area contributed by atoms with Crippen LogP contribution in [0, 0.1) is 5.82 Å². The molecule has 2 amide bonds. The van der Waals surface area contributed by atoms with Gasteiger partial charge in [0, 0.05) is 17.6 Å². The number of carbonyl (C=O) groups is 2. The first kappa shape index (κ1) is 16.8. The van der Waals surface area contributed by atoms with Crippen molar-refractivity contribution >= 4 is 34.8 Å². The molecule has 2 aromatic carbocycles. The summed E-state index contributed by atoms with van der Waals surface area (Å²) in [5.74, 6) is -0.963. The van der Waals surface area contributed by atoms with E-state index in [-0.39, 0.29) is 18.2 Å². The quantitative estimate of drug-likeness (QED) is 0.878. The zero-order chi connectivity index (χ0) is 16.8. The minimum absolute atomic E-state index is 0.0408. The Morgan fingerprint density at radius 3 is 2.48 bits per heavy atom. The van der Waals surface area contributed by atoms with Crippen molar-refractivity contribution < 1.29 is 18.7 Å². The van der Waals surface area contributed by atoms with E-state index < -0.39 is 11.7 Å². The zero-order valence-corrected chi connectivity index (χ0v) is 13.0. The van der Waals surface area contributed by atoms with Gasteiger partial charge in [0.25, 0.3) is 5.91 Å². The molecule has 2 N–H and O–H groups in total. The lowest BCUT2D eigenvalue weighted by molar-refractivity contribution is -0.118. The largest absolute Gasteiger partial charge is 0.484 e. The monoisotopic (exact) mass is 336 g/mol. The number of ether oxygens (including phenoxy) is 1. The van der Waals surface area contributed by atoms with Crippen LogP contribution < -0.4 is 15.4 Å². The van der Waals surface area contributed by atoms with Crippen molar-refractivity contribution in [3.8, 4) is 5.75 Å². The minimum atomic E-state index is -0.612. The summed E-state index contributed by atoms with van der Waals surface area (Å²) in [5, 5.41) is 5.45. The second-order valence-electron chi connectivity index (χ2n) is 4.67. The molecule has 0 atom stereocenters. The number of halogens is 2. The Kier molecular flexibility index (Phi) is 5.54. The first-order chi connectivity index (χ1) is 10.9. The molecule has 0 fully saturated rings. The first-order valence-corrected chi connectivity index (χ1v) is 7.07. The van der Waals surface area contributed by atoms with Gasteiger partial charge >= 0.3 is 0 Å². The number of anilines is 2. The van der Waals surface area contributed by atoms with Gasteiger partial charge in [-0.05, 0) is 42.5 Å². The Balaban J connectivity index is 1.96. The fraction of sp³-hybridized carbons (Fsp3) is 0.125. The summed E-state index contributed by atoms with van der Waals surface area (Å²) in [5.41, 5.74) is 0.341. The van der Waals surface area contributed by atoms with Crippen LogP contribution in [0.25, 0.3) is 0 Å². The van der Waals surface area contributed by atoms with E-state index in [0.29, 0.717) is 16.5 Å². The molecule has 0 bridgehead atoms. The Morgan fingerprint density at radius 2 is 1.83 bits per heavy atom. The van der Waals surface area contributed by atoms with Gasteiger partial charge in [0.2, 0.25) is 5.91 Å². The highest BCUT2D eigenvalue weighted by molar-refractivity contribution is 6.30. The van der Waals surface area contributed by atoms with Crippen molar-refractivity contribution in [2.24, 2.45) is 0 Å². The Labute approximate surface area is 137 Å². The molecule has 0 aliphatic heterocycles. The lowest BCUT2D eigenvalue weighted by atomic mass is 10.2. The summed E-state index contributed by atoms with van der Waals surface area (Å²) in [4.78, 5) is 22.8. The molecule has 0 aliphatic rings.